The van der Waals surface area contributed by atoms with Crippen LogP contribution >= 0.6 is 11.6 Å². The number of methoxy groups -OCH3 is 2. The van der Waals surface area contributed by atoms with Crippen molar-refractivity contribution in [3.05, 3.63) is 117 Å². The Morgan fingerprint density at radius 1 is 0.868 bits per heavy atom. The quantitative estimate of drug-likeness (QED) is 0.108. The average molecular weight is 742 g/mol. The average Bonchev–Trinajstić information content (AvgIpc) is 3.13. The molecular weight excluding hydrogens is 702 g/mol. The lowest BCUT2D eigenvalue weighted by molar-refractivity contribution is -0.123. The molecule has 0 radical (unpaired) electrons. The van der Waals surface area contributed by atoms with Gasteiger partial charge in [0.1, 0.15) is 35.0 Å². The molecule has 13 heteroatoms. The molecule has 1 aromatic heterocycles. The van der Waals surface area contributed by atoms with Crippen molar-refractivity contribution >= 4 is 46.2 Å². The number of anilines is 1. The molecule has 3 N–H and O–H groups in total. The van der Waals surface area contributed by atoms with Crippen LogP contribution in [0.15, 0.2) is 100 Å². The van der Waals surface area contributed by atoms with E-state index < -0.39 is 29.1 Å². The number of carbonyl (C=O) groups excluding carboxylic acids is 3. The SMILES string of the molecule is COc1cc2oc(-c3cccc(C(=O)Nc4ccc(Cl)cc4)c3)cc(=O)c2c(OCCNC(=O)[C@H](Cc2ccccc2)NC(=O)OC(C)(C)C)c1OC. The van der Waals surface area contributed by atoms with Crippen molar-refractivity contribution in [3.8, 4) is 28.6 Å². The molecule has 1 heterocycles. The molecule has 1 atom stereocenters. The molecule has 0 unspecified atom stereocenters. The summed E-state index contributed by atoms with van der Waals surface area (Å²) in [4.78, 5) is 52.6. The van der Waals surface area contributed by atoms with Gasteiger partial charge in [0.2, 0.25) is 11.7 Å². The van der Waals surface area contributed by atoms with Crippen LogP contribution in [0, 0.1) is 0 Å². The van der Waals surface area contributed by atoms with E-state index in [0.29, 0.717) is 21.8 Å². The molecule has 53 heavy (non-hydrogen) atoms. The van der Waals surface area contributed by atoms with Crippen LogP contribution in [0.1, 0.15) is 36.7 Å². The summed E-state index contributed by atoms with van der Waals surface area (Å²) in [5, 5.41) is 8.89. The van der Waals surface area contributed by atoms with Gasteiger partial charge in [0.05, 0.1) is 20.8 Å². The second-order valence-corrected chi connectivity index (χ2v) is 13.3. The van der Waals surface area contributed by atoms with Gasteiger partial charge in [-0.3, -0.25) is 14.4 Å². The molecule has 4 aromatic carbocycles. The number of hydrogen-bond donors (Lipinski definition) is 3. The number of halogens is 1. The van der Waals surface area contributed by atoms with Gasteiger partial charge >= 0.3 is 6.09 Å². The number of rotatable bonds is 13. The van der Waals surface area contributed by atoms with Gasteiger partial charge in [-0.15, -0.1) is 0 Å². The van der Waals surface area contributed by atoms with E-state index in [0.717, 1.165) is 5.56 Å². The van der Waals surface area contributed by atoms with Crippen molar-refractivity contribution in [2.75, 3.05) is 32.7 Å². The highest BCUT2D eigenvalue weighted by molar-refractivity contribution is 6.30. The predicted molar refractivity (Wildman–Crippen MR) is 202 cm³/mol. The maximum Gasteiger partial charge on any atom is 0.408 e. The fourth-order valence-electron chi connectivity index (χ4n) is 5.38. The van der Waals surface area contributed by atoms with E-state index in [2.05, 4.69) is 16.0 Å². The van der Waals surface area contributed by atoms with Gasteiger partial charge in [-0.05, 0) is 62.7 Å². The van der Waals surface area contributed by atoms with Crippen LogP contribution < -0.4 is 35.6 Å². The van der Waals surface area contributed by atoms with Gasteiger partial charge in [-0.1, -0.05) is 54.1 Å². The largest absolute Gasteiger partial charge is 0.493 e. The molecule has 5 rings (SSSR count). The Bertz CT molecular complexity index is 2150. The van der Waals surface area contributed by atoms with Crippen LogP contribution in [0.3, 0.4) is 0 Å². The fourth-order valence-corrected chi connectivity index (χ4v) is 5.51. The summed E-state index contributed by atoms with van der Waals surface area (Å²) in [6.07, 6.45) is -0.503. The Balaban J connectivity index is 1.35. The standard InChI is InChI=1S/C40H40ClN3O9/c1-40(2,3)53-39(48)44-29(20-24-10-7-6-8-11-24)38(47)42-18-19-51-36-34-30(45)22-31(52-32(34)23-33(49-4)35(36)50-5)25-12-9-13-26(21-25)37(46)43-28-16-14-27(41)15-17-28/h6-17,21-23,29H,18-20H2,1-5H3,(H,42,47)(H,43,46)(H,44,48)/t29-/m0/s1. The van der Waals surface area contributed by atoms with Gasteiger partial charge in [0.25, 0.3) is 5.91 Å². The predicted octanol–water partition coefficient (Wildman–Crippen LogP) is 7.01. The lowest BCUT2D eigenvalue weighted by atomic mass is 10.1. The molecule has 12 nitrogen and oxygen atoms in total. The summed E-state index contributed by atoms with van der Waals surface area (Å²) < 4.78 is 28.8. The summed E-state index contributed by atoms with van der Waals surface area (Å²) in [5.41, 5.74) is 1.18. The number of carbonyl (C=O) groups is 3. The highest BCUT2D eigenvalue weighted by Crippen LogP contribution is 2.43. The van der Waals surface area contributed by atoms with Crippen molar-refractivity contribution < 1.29 is 37.7 Å². The summed E-state index contributed by atoms with van der Waals surface area (Å²) >= 11 is 5.96. The van der Waals surface area contributed by atoms with E-state index in [-0.39, 0.29) is 59.5 Å². The highest BCUT2D eigenvalue weighted by atomic mass is 35.5. The van der Waals surface area contributed by atoms with Crippen LogP contribution in [0.2, 0.25) is 5.02 Å². The first kappa shape index (κ1) is 38.2. The normalized spacial score (nSPS) is 11.7. The Morgan fingerprint density at radius 3 is 2.28 bits per heavy atom. The van der Waals surface area contributed by atoms with Gasteiger partial charge < -0.3 is 39.3 Å². The maximum absolute atomic E-state index is 13.7. The van der Waals surface area contributed by atoms with Crippen molar-refractivity contribution in [2.45, 2.75) is 38.8 Å². The second kappa shape index (κ2) is 17.0. The second-order valence-electron chi connectivity index (χ2n) is 12.9. The fraction of sp³-hybridized carbons (Fsp3) is 0.250. The Labute approximate surface area is 311 Å². The molecule has 0 aliphatic carbocycles. The molecule has 0 aliphatic heterocycles. The minimum Gasteiger partial charge on any atom is -0.493 e. The molecular formula is C40H40ClN3O9. The van der Waals surface area contributed by atoms with Gasteiger partial charge in [-0.25, -0.2) is 4.79 Å². The number of fused-ring (bicyclic) bond motifs is 1. The number of alkyl carbamates (subject to hydrolysis) is 1. The van der Waals surface area contributed by atoms with Crippen LogP contribution in [-0.4, -0.2) is 56.9 Å². The number of ether oxygens (including phenoxy) is 4. The molecule has 0 spiro atoms. The topological polar surface area (TPSA) is 154 Å². The van der Waals surface area contributed by atoms with E-state index in [9.17, 15) is 19.2 Å². The molecule has 3 amide bonds. The molecule has 0 bridgehead atoms. The van der Waals surface area contributed by atoms with Crippen molar-refractivity contribution in [1.82, 2.24) is 10.6 Å². The summed E-state index contributed by atoms with van der Waals surface area (Å²) in [6.45, 7) is 5.13. The third-order valence-corrected chi connectivity index (χ3v) is 8.02. The Morgan fingerprint density at radius 2 is 1.60 bits per heavy atom. The first-order valence-corrected chi connectivity index (χ1v) is 17.1. The Kier molecular flexibility index (Phi) is 12.3. The van der Waals surface area contributed by atoms with Gasteiger partial charge in [0, 0.05) is 40.4 Å². The van der Waals surface area contributed by atoms with E-state index in [1.165, 1.54) is 26.4 Å². The van der Waals surface area contributed by atoms with Crippen LogP contribution in [0.4, 0.5) is 10.5 Å². The van der Waals surface area contributed by atoms with E-state index in [1.807, 2.05) is 30.3 Å². The molecule has 5 aromatic rings. The van der Waals surface area contributed by atoms with E-state index in [1.54, 1.807) is 69.3 Å². The minimum atomic E-state index is -0.938. The molecule has 0 saturated carbocycles. The minimum absolute atomic E-state index is 0.0102. The summed E-state index contributed by atoms with van der Waals surface area (Å²) in [5.74, 6) is -0.172. The number of benzene rings is 4. The number of amides is 3. The first-order chi connectivity index (χ1) is 25.3. The summed E-state index contributed by atoms with van der Waals surface area (Å²) in [6, 6.07) is 24.5. The molecule has 0 fully saturated rings. The maximum atomic E-state index is 13.7. The van der Waals surface area contributed by atoms with Crippen molar-refractivity contribution in [2.24, 2.45) is 0 Å². The van der Waals surface area contributed by atoms with Gasteiger partial charge in [0.15, 0.2) is 16.9 Å². The van der Waals surface area contributed by atoms with Crippen molar-refractivity contribution in [3.63, 3.8) is 0 Å². The third-order valence-electron chi connectivity index (χ3n) is 7.77. The molecule has 0 saturated heterocycles. The lowest BCUT2D eigenvalue weighted by Crippen LogP contribution is -2.50. The zero-order chi connectivity index (χ0) is 38.1. The zero-order valence-electron chi connectivity index (χ0n) is 29.9. The van der Waals surface area contributed by atoms with Crippen LogP contribution in [-0.2, 0) is 16.0 Å². The molecule has 0 aliphatic rings. The van der Waals surface area contributed by atoms with Crippen molar-refractivity contribution in [1.29, 1.82) is 0 Å². The highest BCUT2D eigenvalue weighted by Gasteiger charge is 2.26. The van der Waals surface area contributed by atoms with Gasteiger partial charge in [-0.2, -0.15) is 0 Å². The monoisotopic (exact) mass is 741 g/mol. The summed E-state index contributed by atoms with van der Waals surface area (Å²) in [7, 11) is 2.84. The van der Waals surface area contributed by atoms with E-state index in [4.69, 9.17) is 35.0 Å². The Hall–Kier alpha value is -6.01. The number of hydrogen-bond acceptors (Lipinski definition) is 9. The van der Waals surface area contributed by atoms with Crippen LogP contribution in [0.25, 0.3) is 22.3 Å². The first-order valence-electron chi connectivity index (χ1n) is 16.7. The number of nitrogens with one attached hydrogen (secondary N) is 3. The van der Waals surface area contributed by atoms with Crippen LogP contribution in [0.5, 0.6) is 17.2 Å². The smallest absolute Gasteiger partial charge is 0.408 e. The lowest BCUT2D eigenvalue weighted by Gasteiger charge is -2.23. The van der Waals surface area contributed by atoms with E-state index >= 15 is 0 Å². The third kappa shape index (κ3) is 10.1. The zero-order valence-corrected chi connectivity index (χ0v) is 30.7. The molecule has 276 valence electrons.